The Kier molecular flexibility index (Phi) is 5.38. The Bertz CT molecular complexity index is 82.2. The lowest BCUT2D eigenvalue weighted by Gasteiger charge is -2.18. The lowest BCUT2D eigenvalue weighted by atomic mass is 9.88. The topological polar surface area (TPSA) is 0 Å². The van der Waals surface area contributed by atoms with Gasteiger partial charge in [0.1, 0.15) is 0 Å². The van der Waals surface area contributed by atoms with Gasteiger partial charge >= 0.3 is 0 Å². The van der Waals surface area contributed by atoms with Crippen molar-refractivity contribution in [2.45, 2.75) is 46.5 Å². The molecule has 0 aliphatic heterocycles. The van der Waals surface area contributed by atoms with Crippen LogP contribution in [-0.4, -0.2) is 0 Å². The molecule has 1 aliphatic carbocycles. The van der Waals surface area contributed by atoms with Crippen LogP contribution in [0.25, 0.3) is 0 Å². The molecule has 0 heterocycles. The van der Waals surface area contributed by atoms with Crippen molar-refractivity contribution >= 4 is 0 Å². The van der Waals surface area contributed by atoms with Gasteiger partial charge in [-0.3, -0.25) is 0 Å². The van der Waals surface area contributed by atoms with E-state index >= 15 is 0 Å². The maximum Gasteiger partial charge on any atom is -0.0320 e. The third kappa shape index (κ3) is 3.71. The zero-order valence-corrected chi connectivity index (χ0v) is 7.61. The van der Waals surface area contributed by atoms with Gasteiger partial charge in [0.05, 0.1) is 0 Å². The van der Waals surface area contributed by atoms with Crippen LogP contribution in [0.3, 0.4) is 0 Å². The molecular formula is C10H20. The molecule has 0 N–H and O–H groups in total. The second-order valence-corrected chi connectivity index (χ2v) is 2.93. The molecule has 1 aliphatic rings. The van der Waals surface area contributed by atoms with E-state index in [0.29, 0.717) is 0 Å². The third-order valence-corrected chi connectivity index (χ3v) is 1.98. The molecule has 0 aromatic heterocycles. The van der Waals surface area contributed by atoms with E-state index in [1.165, 1.54) is 31.3 Å². The first kappa shape index (κ1) is 9.74. The molecule has 1 fully saturated rings. The van der Waals surface area contributed by atoms with Gasteiger partial charge in [-0.05, 0) is 31.6 Å². The second-order valence-electron chi connectivity index (χ2n) is 2.93. The normalized spacial score (nSPS) is 19.7. The molecule has 0 amide bonds. The summed E-state index contributed by atoms with van der Waals surface area (Å²) >= 11 is 0. The van der Waals surface area contributed by atoms with E-state index in [1.807, 2.05) is 13.8 Å². The summed E-state index contributed by atoms with van der Waals surface area (Å²) in [6.07, 6.45) is 5.31. The van der Waals surface area contributed by atoms with E-state index in [-0.39, 0.29) is 0 Å². The molecular weight excluding hydrogens is 120 g/mol. The van der Waals surface area contributed by atoms with Crippen molar-refractivity contribution < 1.29 is 0 Å². The summed E-state index contributed by atoms with van der Waals surface area (Å²) in [4.78, 5) is 0. The lowest BCUT2D eigenvalue weighted by Crippen LogP contribution is -2.02. The van der Waals surface area contributed by atoms with Crippen molar-refractivity contribution in [1.29, 1.82) is 0 Å². The first-order valence-corrected chi connectivity index (χ1v) is 4.45. The van der Waals surface area contributed by atoms with Crippen molar-refractivity contribution in [2.24, 2.45) is 5.92 Å². The number of hydrogen-bond acceptors (Lipinski definition) is 0. The molecule has 0 aromatic rings. The predicted octanol–water partition coefficient (Wildman–Crippen LogP) is 3.78. The van der Waals surface area contributed by atoms with Crippen LogP contribution in [0, 0.1) is 5.92 Å². The summed E-state index contributed by atoms with van der Waals surface area (Å²) in [5.74, 6) is 0.959. The minimum absolute atomic E-state index is 0.959. The van der Waals surface area contributed by atoms with Crippen LogP contribution in [-0.2, 0) is 0 Å². The Hall–Kier alpha value is -0.260. The number of rotatable bonds is 0. The van der Waals surface area contributed by atoms with Crippen molar-refractivity contribution in [1.82, 2.24) is 0 Å². The summed E-state index contributed by atoms with van der Waals surface area (Å²) in [6.45, 7) is 10.3. The highest BCUT2D eigenvalue weighted by atomic mass is 14.1. The molecule has 1 rings (SSSR count). The van der Waals surface area contributed by atoms with Crippen LogP contribution < -0.4 is 0 Å². The molecule has 0 unspecified atom stereocenters. The Morgan fingerprint density at radius 3 is 1.90 bits per heavy atom. The van der Waals surface area contributed by atoms with Gasteiger partial charge in [-0.2, -0.15) is 0 Å². The van der Waals surface area contributed by atoms with Gasteiger partial charge in [-0.1, -0.05) is 32.9 Å². The smallest absolute Gasteiger partial charge is 0.0320 e. The molecule has 0 aromatic carbocycles. The van der Waals surface area contributed by atoms with Gasteiger partial charge in [0.25, 0.3) is 0 Å². The monoisotopic (exact) mass is 140 g/mol. The van der Waals surface area contributed by atoms with Crippen LogP contribution in [0.5, 0.6) is 0 Å². The highest BCUT2D eigenvalue weighted by Gasteiger charge is 2.09. The van der Waals surface area contributed by atoms with Crippen molar-refractivity contribution in [3.8, 4) is 0 Å². The highest BCUT2D eigenvalue weighted by Crippen LogP contribution is 2.25. The fourth-order valence-electron chi connectivity index (χ4n) is 1.17. The molecule has 0 heteroatoms. The molecule has 0 bridgehead atoms. The van der Waals surface area contributed by atoms with Crippen LogP contribution in [0.1, 0.15) is 46.5 Å². The van der Waals surface area contributed by atoms with Gasteiger partial charge in [-0.25, -0.2) is 0 Å². The van der Waals surface area contributed by atoms with Crippen LogP contribution in [0.15, 0.2) is 12.2 Å². The van der Waals surface area contributed by atoms with E-state index < -0.39 is 0 Å². The minimum Gasteiger partial charge on any atom is -0.0999 e. The second kappa shape index (κ2) is 5.52. The largest absolute Gasteiger partial charge is 0.0999 e. The molecule has 60 valence electrons. The summed E-state index contributed by atoms with van der Waals surface area (Å²) in [7, 11) is 0. The fraction of sp³-hybridized carbons (Fsp3) is 0.800. The minimum atomic E-state index is 0.959. The third-order valence-electron chi connectivity index (χ3n) is 1.98. The van der Waals surface area contributed by atoms with Crippen molar-refractivity contribution in [2.75, 3.05) is 0 Å². The van der Waals surface area contributed by atoms with E-state index in [4.69, 9.17) is 0 Å². The zero-order chi connectivity index (χ0) is 7.98. The summed E-state index contributed by atoms with van der Waals surface area (Å²) in [5.41, 5.74) is 1.46. The van der Waals surface area contributed by atoms with E-state index in [1.54, 1.807) is 0 Å². The Balaban J connectivity index is 0.000000371. The molecule has 0 nitrogen and oxygen atoms in total. The Morgan fingerprint density at radius 1 is 1.20 bits per heavy atom. The van der Waals surface area contributed by atoms with Gasteiger partial charge in [-0.15, -0.1) is 0 Å². The molecule has 0 spiro atoms. The molecule has 0 radical (unpaired) electrons. The Morgan fingerprint density at radius 2 is 1.60 bits per heavy atom. The molecule has 0 saturated heterocycles. The number of allylic oxidation sites excluding steroid dienone is 1. The molecule has 10 heavy (non-hydrogen) atoms. The molecule has 0 atom stereocenters. The van der Waals surface area contributed by atoms with Gasteiger partial charge in [0, 0.05) is 0 Å². The number of hydrogen-bond donors (Lipinski definition) is 0. The van der Waals surface area contributed by atoms with Crippen molar-refractivity contribution in [3.05, 3.63) is 12.2 Å². The zero-order valence-electron chi connectivity index (χ0n) is 7.61. The van der Waals surface area contributed by atoms with Crippen LogP contribution in [0.2, 0.25) is 0 Å². The standard InChI is InChI=1S/C8H14.C2H6/c1-7-3-5-8(2)6-4-7;1-2/h8H,1,3-6H2,2H3;1-2H3. The first-order valence-electron chi connectivity index (χ1n) is 4.45. The predicted molar refractivity (Wildman–Crippen MR) is 48.1 cm³/mol. The van der Waals surface area contributed by atoms with Gasteiger partial charge in [0.15, 0.2) is 0 Å². The maximum atomic E-state index is 3.95. The molecule has 1 saturated carbocycles. The average molecular weight is 140 g/mol. The average Bonchev–Trinajstić information content (AvgIpc) is 2.00. The van der Waals surface area contributed by atoms with Gasteiger partial charge in [0.2, 0.25) is 0 Å². The van der Waals surface area contributed by atoms with Crippen LogP contribution in [0.4, 0.5) is 0 Å². The fourth-order valence-corrected chi connectivity index (χ4v) is 1.17. The quantitative estimate of drug-likeness (QED) is 0.449. The lowest BCUT2D eigenvalue weighted by molar-refractivity contribution is 0.445. The van der Waals surface area contributed by atoms with E-state index in [0.717, 1.165) is 5.92 Å². The summed E-state index contributed by atoms with van der Waals surface area (Å²) in [5, 5.41) is 0. The Labute approximate surface area is 65.3 Å². The van der Waals surface area contributed by atoms with E-state index in [9.17, 15) is 0 Å². The van der Waals surface area contributed by atoms with Crippen molar-refractivity contribution in [3.63, 3.8) is 0 Å². The van der Waals surface area contributed by atoms with E-state index in [2.05, 4.69) is 13.5 Å². The maximum absolute atomic E-state index is 3.95. The SMILES string of the molecule is C=C1CCC(C)CC1.CC. The van der Waals surface area contributed by atoms with Crippen LogP contribution >= 0.6 is 0 Å². The first-order chi connectivity index (χ1) is 4.79. The summed E-state index contributed by atoms with van der Waals surface area (Å²) in [6, 6.07) is 0. The highest BCUT2D eigenvalue weighted by molar-refractivity contribution is 4.97. The summed E-state index contributed by atoms with van der Waals surface area (Å²) < 4.78 is 0. The van der Waals surface area contributed by atoms with Gasteiger partial charge < -0.3 is 0 Å².